The van der Waals surface area contributed by atoms with Crippen LogP contribution in [0.3, 0.4) is 0 Å². The van der Waals surface area contributed by atoms with E-state index < -0.39 is 6.04 Å². The number of rotatable bonds is 5. The van der Waals surface area contributed by atoms with E-state index in [2.05, 4.69) is 18.4 Å². The largest absolute Gasteiger partial charge is 0.341 e. The van der Waals surface area contributed by atoms with Crippen LogP contribution < -0.4 is 5.73 Å². The predicted octanol–water partition coefficient (Wildman–Crippen LogP) is 0.833. The van der Waals surface area contributed by atoms with Gasteiger partial charge in [-0.1, -0.05) is 13.0 Å². The zero-order valence-corrected chi connectivity index (χ0v) is 11.1. The molecule has 1 rings (SSSR count). The van der Waals surface area contributed by atoms with E-state index in [1.807, 2.05) is 11.9 Å². The van der Waals surface area contributed by atoms with E-state index >= 15 is 0 Å². The highest BCUT2D eigenvalue weighted by Crippen LogP contribution is 2.16. The fraction of sp³-hybridized carbons (Fsp3) is 0.769. The second kappa shape index (κ2) is 6.77. The number of piperidine rings is 1. The van der Waals surface area contributed by atoms with Crippen molar-refractivity contribution in [3.63, 3.8) is 0 Å². The molecule has 1 fully saturated rings. The molecule has 0 bridgehead atoms. The summed E-state index contributed by atoms with van der Waals surface area (Å²) in [5.74, 6) is 0.0415. The van der Waals surface area contributed by atoms with Crippen LogP contribution in [-0.4, -0.2) is 54.5 Å². The first-order valence-corrected chi connectivity index (χ1v) is 6.45. The number of hydrogen-bond donors (Lipinski definition) is 1. The molecule has 1 aliphatic heterocycles. The van der Waals surface area contributed by atoms with E-state index in [1.54, 1.807) is 6.08 Å². The molecule has 0 aromatic heterocycles. The van der Waals surface area contributed by atoms with Crippen molar-refractivity contribution in [3.8, 4) is 0 Å². The Labute approximate surface area is 104 Å². The molecule has 2 N–H and O–H groups in total. The molecule has 0 radical (unpaired) electrons. The minimum Gasteiger partial charge on any atom is -0.341 e. The summed E-state index contributed by atoms with van der Waals surface area (Å²) in [5, 5.41) is 0. The van der Waals surface area contributed by atoms with Crippen molar-refractivity contribution >= 4 is 5.91 Å². The Morgan fingerprint density at radius 2 is 2.18 bits per heavy atom. The van der Waals surface area contributed by atoms with Crippen molar-refractivity contribution in [3.05, 3.63) is 12.7 Å². The molecule has 0 aliphatic carbocycles. The van der Waals surface area contributed by atoms with E-state index in [9.17, 15) is 4.79 Å². The summed E-state index contributed by atoms with van der Waals surface area (Å²) in [5.41, 5.74) is 5.82. The van der Waals surface area contributed by atoms with E-state index in [1.165, 1.54) is 0 Å². The number of carbonyl (C=O) groups excluding carboxylic acids is 1. The molecule has 1 unspecified atom stereocenters. The Morgan fingerprint density at radius 1 is 1.59 bits per heavy atom. The molecule has 1 aliphatic rings. The zero-order chi connectivity index (χ0) is 12.8. The van der Waals surface area contributed by atoms with Gasteiger partial charge in [0.1, 0.15) is 0 Å². The van der Waals surface area contributed by atoms with Gasteiger partial charge in [-0.05, 0) is 25.8 Å². The molecule has 4 heteroatoms. The summed E-state index contributed by atoms with van der Waals surface area (Å²) >= 11 is 0. The van der Waals surface area contributed by atoms with Gasteiger partial charge in [-0.15, -0.1) is 6.58 Å². The Kier molecular flexibility index (Phi) is 5.65. The Bertz CT molecular complexity index is 259. The second-order valence-electron chi connectivity index (χ2n) is 4.75. The maximum atomic E-state index is 12.0. The summed E-state index contributed by atoms with van der Waals surface area (Å²) in [6, 6.07) is -0.0807. The summed E-state index contributed by atoms with van der Waals surface area (Å²) in [6.07, 6.45) is 4.36. The van der Waals surface area contributed by atoms with Gasteiger partial charge in [-0.25, -0.2) is 0 Å². The summed E-state index contributed by atoms with van der Waals surface area (Å²) in [7, 11) is 1.87. The molecule has 0 spiro atoms. The lowest BCUT2D eigenvalue weighted by Gasteiger charge is -2.37. The maximum Gasteiger partial charge on any atom is 0.239 e. The van der Waals surface area contributed by atoms with Crippen molar-refractivity contribution in [2.75, 3.05) is 26.7 Å². The van der Waals surface area contributed by atoms with Crippen molar-refractivity contribution in [1.29, 1.82) is 0 Å². The van der Waals surface area contributed by atoms with Crippen LogP contribution in [0.5, 0.6) is 0 Å². The van der Waals surface area contributed by atoms with Crippen LogP contribution in [0.1, 0.15) is 26.2 Å². The number of nitrogens with zero attached hydrogens (tertiary/aromatic N) is 2. The van der Waals surface area contributed by atoms with Crippen LogP contribution in [0, 0.1) is 0 Å². The number of likely N-dealkylation sites (tertiary alicyclic amines) is 1. The van der Waals surface area contributed by atoms with Crippen LogP contribution >= 0.6 is 0 Å². The van der Waals surface area contributed by atoms with Gasteiger partial charge < -0.3 is 15.5 Å². The average Bonchev–Trinajstić information content (AvgIpc) is 2.37. The van der Waals surface area contributed by atoms with Gasteiger partial charge >= 0.3 is 0 Å². The van der Waals surface area contributed by atoms with Crippen molar-refractivity contribution in [1.82, 2.24) is 9.80 Å². The molecule has 0 aromatic rings. The molecule has 0 aromatic carbocycles. The van der Waals surface area contributed by atoms with Crippen molar-refractivity contribution in [2.45, 2.75) is 38.3 Å². The molecule has 1 atom stereocenters. The maximum absolute atomic E-state index is 12.0. The highest BCUT2D eigenvalue weighted by Gasteiger charge is 2.26. The summed E-state index contributed by atoms with van der Waals surface area (Å²) < 4.78 is 0. The topological polar surface area (TPSA) is 49.6 Å². The lowest BCUT2D eigenvalue weighted by Crippen LogP contribution is -2.50. The molecular formula is C13H25N3O. The van der Waals surface area contributed by atoms with Gasteiger partial charge in [0.25, 0.3) is 0 Å². The normalized spacial score (nSPS) is 19.9. The smallest absolute Gasteiger partial charge is 0.239 e. The van der Waals surface area contributed by atoms with E-state index in [4.69, 9.17) is 5.73 Å². The molecule has 1 amide bonds. The Morgan fingerprint density at radius 3 is 2.65 bits per heavy atom. The quantitative estimate of drug-likeness (QED) is 0.723. The number of amides is 1. The highest BCUT2D eigenvalue weighted by atomic mass is 16.2. The SMILES string of the molecule is C=CCC(N)C(=O)N(C)C1CCN(CC)CC1. The summed E-state index contributed by atoms with van der Waals surface area (Å²) in [6.45, 7) is 9.05. The van der Waals surface area contributed by atoms with Gasteiger partial charge in [0, 0.05) is 26.2 Å². The third kappa shape index (κ3) is 3.82. The lowest BCUT2D eigenvalue weighted by molar-refractivity contribution is -0.134. The van der Waals surface area contributed by atoms with E-state index in [0.29, 0.717) is 12.5 Å². The molecule has 98 valence electrons. The highest BCUT2D eigenvalue weighted by molar-refractivity contribution is 5.81. The Hall–Kier alpha value is -0.870. The van der Waals surface area contributed by atoms with Crippen LogP contribution in [0.4, 0.5) is 0 Å². The van der Waals surface area contributed by atoms with Crippen LogP contribution in [0.25, 0.3) is 0 Å². The fourth-order valence-electron chi connectivity index (χ4n) is 2.34. The first kappa shape index (κ1) is 14.2. The lowest BCUT2D eigenvalue weighted by atomic mass is 10.0. The molecular weight excluding hydrogens is 214 g/mol. The monoisotopic (exact) mass is 239 g/mol. The standard InChI is InChI=1S/C13H25N3O/c1-4-6-12(14)13(17)15(3)11-7-9-16(5-2)10-8-11/h4,11-12H,1,5-10,14H2,2-3H3. The minimum atomic E-state index is -0.429. The first-order chi connectivity index (χ1) is 8.10. The van der Waals surface area contributed by atoms with Gasteiger partial charge in [-0.2, -0.15) is 0 Å². The molecule has 1 heterocycles. The average molecular weight is 239 g/mol. The van der Waals surface area contributed by atoms with Gasteiger partial charge in [0.15, 0.2) is 0 Å². The number of carbonyl (C=O) groups is 1. The van der Waals surface area contributed by atoms with Gasteiger partial charge in [-0.3, -0.25) is 4.79 Å². The van der Waals surface area contributed by atoms with Crippen molar-refractivity contribution in [2.24, 2.45) is 5.73 Å². The van der Waals surface area contributed by atoms with Crippen LogP contribution in [0.15, 0.2) is 12.7 Å². The van der Waals surface area contributed by atoms with Crippen LogP contribution in [0.2, 0.25) is 0 Å². The number of likely N-dealkylation sites (N-methyl/N-ethyl adjacent to an activating group) is 1. The van der Waals surface area contributed by atoms with Gasteiger partial charge in [0.2, 0.25) is 5.91 Å². The second-order valence-corrected chi connectivity index (χ2v) is 4.75. The molecule has 4 nitrogen and oxygen atoms in total. The number of nitrogens with two attached hydrogens (primary N) is 1. The third-order valence-corrected chi connectivity index (χ3v) is 3.64. The van der Waals surface area contributed by atoms with Gasteiger partial charge in [0.05, 0.1) is 6.04 Å². The minimum absolute atomic E-state index is 0.0415. The van der Waals surface area contributed by atoms with Crippen molar-refractivity contribution < 1.29 is 4.79 Å². The predicted molar refractivity (Wildman–Crippen MR) is 70.7 cm³/mol. The zero-order valence-electron chi connectivity index (χ0n) is 11.1. The summed E-state index contributed by atoms with van der Waals surface area (Å²) in [4.78, 5) is 16.3. The Balaban J connectivity index is 2.45. The van der Waals surface area contributed by atoms with Crippen LogP contribution in [-0.2, 0) is 4.79 Å². The van der Waals surface area contributed by atoms with E-state index in [-0.39, 0.29) is 5.91 Å². The molecule has 0 saturated carbocycles. The molecule has 17 heavy (non-hydrogen) atoms. The third-order valence-electron chi connectivity index (χ3n) is 3.64. The fourth-order valence-corrected chi connectivity index (χ4v) is 2.34. The number of hydrogen-bond acceptors (Lipinski definition) is 3. The first-order valence-electron chi connectivity index (χ1n) is 6.45. The molecule has 1 saturated heterocycles. The van der Waals surface area contributed by atoms with E-state index in [0.717, 1.165) is 32.5 Å².